The van der Waals surface area contributed by atoms with Crippen LogP contribution in [0.4, 0.5) is 8.78 Å². The van der Waals surface area contributed by atoms with E-state index in [1.807, 2.05) is 6.07 Å². The molecular weight excluding hydrogens is 430 g/mol. The fraction of sp³-hybridized carbons (Fsp3) is 0.440. The smallest absolute Gasteiger partial charge is 0.395 e. The second-order valence-corrected chi connectivity index (χ2v) is 9.90. The molecule has 0 unspecified atom stereocenters. The number of hydrogen-bond donors (Lipinski definition) is 1. The summed E-state index contributed by atoms with van der Waals surface area (Å²) in [4.78, 5) is 17.8. The van der Waals surface area contributed by atoms with Crippen LogP contribution in [0.5, 0.6) is 11.5 Å². The van der Waals surface area contributed by atoms with Crippen molar-refractivity contribution in [2.24, 2.45) is 0 Å². The molecule has 3 aromatic rings. The van der Waals surface area contributed by atoms with Gasteiger partial charge >= 0.3 is 6.29 Å². The zero-order valence-corrected chi connectivity index (χ0v) is 18.8. The van der Waals surface area contributed by atoms with Crippen molar-refractivity contribution >= 4 is 16.7 Å². The minimum absolute atomic E-state index is 0.00538. The first kappa shape index (κ1) is 21.8. The van der Waals surface area contributed by atoms with Gasteiger partial charge in [-0.1, -0.05) is 26.8 Å². The SMILES string of the molecule is CC(C)(C)c1cc2cc(CC(=O)C3(c4ccc5c(c4)OC(F)(F)O5)CC3)ncc2n1CCO. The number of rotatable bonds is 6. The molecule has 0 atom stereocenters. The van der Waals surface area contributed by atoms with Crippen LogP contribution < -0.4 is 9.47 Å². The first-order valence-corrected chi connectivity index (χ1v) is 11.1. The molecule has 0 radical (unpaired) electrons. The quantitative estimate of drug-likeness (QED) is 0.592. The molecule has 1 fully saturated rings. The van der Waals surface area contributed by atoms with Crippen molar-refractivity contribution in [2.75, 3.05) is 6.61 Å². The maximum Gasteiger partial charge on any atom is 0.586 e. The summed E-state index contributed by atoms with van der Waals surface area (Å²) >= 11 is 0. The van der Waals surface area contributed by atoms with E-state index in [1.54, 1.807) is 12.3 Å². The summed E-state index contributed by atoms with van der Waals surface area (Å²) in [5.74, 6) is -0.0666. The number of aliphatic hydroxyl groups excluding tert-OH is 1. The van der Waals surface area contributed by atoms with Crippen LogP contribution in [0.2, 0.25) is 0 Å². The van der Waals surface area contributed by atoms with E-state index < -0.39 is 11.7 Å². The van der Waals surface area contributed by atoms with E-state index in [1.165, 1.54) is 12.1 Å². The van der Waals surface area contributed by atoms with E-state index in [0.29, 0.717) is 30.6 Å². The van der Waals surface area contributed by atoms with Gasteiger partial charge in [-0.05, 0) is 42.7 Å². The molecule has 5 rings (SSSR count). The number of ether oxygens (including phenoxy) is 2. The van der Waals surface area contributed by atoms with Crippen molar-refractivity contribution in [1.82, 2.24) is 9.55 Å². The number of aliphatic hydroxyl groups is 1. The number of alkyl halides is 2. The van der Waals surface area contributed by atoms with Crippen LogP contribution in [-0.4, -0.2) is 33.3 Å². The first-order chi connectivity index (χ1) is 15.5. The summed E-state index contributed by atoms with van der Waals surface area (Å²) in [5.41, 5.74) is 2.52. The number of carbonyl (C=O) groups excluding carboxylic acids is 1. The van der Waals surface area contributed by atoms with Gasteiger partial charge in [0.15, 0.2) is 11.5 Å². The number of halogens is 2. The van der Waals surface area contributed by atoms with Gasteiger partial charge in [0.2, 0.25) is 0 Å². The molecule has 1 saturated carbocycles. The van der Waals surface area contributed by atoms with Gasteiger partial charge < -0.3 is 19.1 Å². The highest BCUT2D eigenvalue weighted by molar-refractivity contribution is 5.95. The molecule has 1 aromatic carbocycles. The highest BCUT2D eigenvalue weighted by Gasteiger charge is 2.52. The van der Waals surface area contributed by atoms with Crippen LogP contribution in [0.3, 0.4) is 0 Å². The van der Waals surface area contributed by atoms with Crippen LogP contribution in [0.25, 0.3) is 10.9 Å². The standard InChI is InChI=1S/C25H26F2N2O4/c1-23(2,3)21-11-15-10-17(28-14-18(15)29(21)8-9-30)13-22(31)24(6-7-24)16-4-5-19-20(12-16)33-25(26,27)32-19/h4-5,10-12,14,30H,6-9,13H2,1-3H3. The Balaban J connectivity index is 1.42. The second-order valence-electron chi connectivity index (χ2n) is 9.90. The van der Waals surface area contributed by atoms with E-state index >= 15 is 0 Å². The fourth-order valence-corrected chi connectivity index (χ4v) is 4.70. The molecule has 0 amide bonds. The van der Waals surface area contributed by atoms with E-state index in [0.717, 1.165) is 16.6 Å². The Morgan fingerprint density at radius 2 is 1.88 bits per heavy atom. The molecule has 174 valence electrons. The van der Waals surface area contributed by atoms with E-state index in [2.05, 4.69) is 45.9 Å². The third kappa shape index (κ3) is 3.76. The Kier molecular flexibility index (Phi) is 4.79. The molecule has 1 aliphatic carbocycles. The summed E-state index contributed by atoms with van der Waals surface area (Å²) in [5, 5.41) is 10.5. The molecule has 2 aromatic heterocycles. The lowest BCUT2D eigenvalue weighted by Gasteiger charge is -2.21. The van der Waals surface area contributed by atoms with Gasteiger partial charge in [0.1, 0.15) is 5.78 Å². The van der Waals surface area contributed by atoms with Crippen molar-refractivity contribution < 1.29 is 28.2 Å². The number of benzene rings is 1. The third-order valence-corrected chi connectivity index (χ3v) is 6.52. The Morgan fingerprint density at radius 1 is 1.15 bits per heavy atom. The number of aromatic nitrogens is 2. The number of pyridine rings is 1. The number of fused-ring (bicyclic) bond motifs is 2. The summed E-state index contributed by atoms with van der Waals surface area (Å²) in [6.45, 7) is 6.85. The molecule has 0 spiro atoms. The van der Waals surface area contributed by atoms with Gasteiger partial charge in [0.25, 0.3) is 0 Å². The second kappa shape index (κ2) is 7.25. The Hall–Kier alpha value is -3.00. The highest BCUT2D eigenvalue weighted by atomic mass is 19.3. The lowest BCUT2D eigenvalue weighted by atomic mass is 9.88. The lowest BCUT2D eigenvalue weighted by Crippen LogP contribution is -2.26. The molecule has 2 aliphatic rings. The maximum absolute atomic E-state index is 13.4. The molecular formula is C25H26F2N2O4. The summed E-state index contributed by atoms with van der Waals surface area (Å²) < 4.78 is 37.8. The van der Waals surface area contributed by atoms with Gasteiger partial charge in [-0.3, -0.25) is 9.78 Å². The van der Waals surface area contributed by atoms with Crippen LogP contribution >= 0.6 is 0 Å². The number of Topliss-reactive ketones (excluding diaryl/α,β-unsaturated/α-hetero) is 1. The number of carbonyl (C=O) groups is 1. The van der Waals surface area contributed by atoms with Crippen LogP contribution in [-0.2, 0) is 28.6 Å². The summed E-state index contributed by atoms with van der Waals surface area (Å²) in [6, 6.07) is 8.59. The Morgan fingerprint density at radius 3 is 2.55 bits per heavy atom. The molecule has 3 heterocycles. The minimum atomic E-state index is -3.68. The third-order valence-electron chi connectivity index (χ3n) is 6.52. The van der Waals surface area contributed by atoms with Gasteiger partial charge in [-0.2, -0.15) is 0 Å². The zero-order valence-electron chi connectivity index (χ0n) is 18.8. The average Bonchev–Trinajstić information content (AvgIpc) is 3.37. The van der Waals surface area contributed by atoms with E-state index in [-0.39, 0.29) is 35.7 Å². The van der Waals surface area contributed by atoms with Gasteiger partial charge in [0, 0.05) is 35.2 Å². The number of ketones is 1. The fourth-order valence-electron chi connectivity index (χ4n) is 4.70. The lowest BCUT2D eigenvalue weighted by molar-refractivity contribution is -0.286. The average molecular weight is 456 g/mol. The van der Waals surface area contributed by atoms with Crippen LogP contribution in [0.15, 0.2) is 36.5 Å². The molecule has 33 heavy (non-hydrogen) atoms. The predicted molar refractivity (Wildman–Crippen MR) is 118 cm³/mol. The van der Waals surface area contributed by atoms with Crippen LogP contribution in [0, 0.1) is 0 Å². The van der Waals surface area contributed by atoms with Gasteiger partial charge in [-0.15, -0.1) is 8.78 Å². The highest BCUT2D eigenvalue weighted by Crippen LogP contribution is 2.52. The predicted octanol–water partition coefficient (Wildman–Crippen LogP) is 4.49. The van der Waals surface area contributed by atoms with Crippen molar-refractivity contribution in [1.29, 1.82) is 0 Å². The molecule has 1 N–H and O–H groups in total. The van der Waals surface area contributed by atoms with Gasteiger partial charge in [0.05, 0.1) is 23.7 Å². The molecule has 8 heteroatoms. The molecule has 6 nitrogen and oxygen atoms in total. The molecule has 0 bridgehead atoms. The molecule has 1 aliphatic heterocycles. The Bertz CT molecular complexity index is 1260. The van der Waals surface area contributed by atoms with E-state index in [4.69, 9.17) is 0 Å². The Labute approximate surface area is 190 Å². The minimum Gasteiger partial charge on any atom is -0.395 e. The monoisotopic (exact) mass is 456 g/mol. The van der Waals surface area contributed by atoms with Gasteiger partial charge in [-0.25, -0.2) is 0 Å². The summed E-state index contributed by atoms with van der Waals surface area (Å²) in [6.07, 6.45) is -0.461. The maximum atomic E-state index is 13.4. The van der Waals surface area contributed by atoms with Crippen molar-refractivity contribution in [3.63, 3.8) is 0 Å². The molecule has 0 saturated heterocycles. The van der Waals surface area contributed by atoms with Crippen molar-refractivity contribution in [3.05, 3.63) is 53.5 Å². The van der Waals surface area contributed by atoms with Crippen LogP contribution in [0.1, 0.15) is 50.6 Å². The normalized spacial score (nSPS) is 18.0. The number of hydrogen-bond acceptors (Lipinski definition) is 5. The van der Waals surface area contributed by atoms with E-state index in [9.17, 15) is 18.7 Å². The van der Waals surface area contributed by atoms with Crippen molar-refractivity contribution in [3.8, 4) is 11.5 Å². The topological polar surface area (TPSA) is 73.6 Å². The first-order valence-electron chi connectivity index (χ1n) is 11.1. The largest absolute Gasteiger partial charge is 0.586 e. The van der Waals surface area contributed by atoms with Crippen molar-refractivity contribution in [2.45, 2.75) is 63.7 Å². The summed E-state index contributed by atoms with van der Waals surface area (Å²) in [7, 11) is 0. The zero-order chi connectivity index (χ0) is 23.6. The number of nitrogens with zero attached hydrogens (tertiary/aromatic N) is 2.